The Bertz CT molecular complexity index is 1560. The standard InChI is InChI=1S/C28H28F2N4O3/c1-28(2,36)15-33-13-17(14-33)8-7-16-9-10-19-20(11-16)34-21-12-22(25(34)31-19)32(3)26(35)18-5-4-6-23(24(18)21)37-27(29)30/h4-6,9-11,17,21-22,27,36H,12-15H2,1-3H3/t21-,22-/m1/s1/i3D3. The number of hydrogen-bond donors (Lipinski definition) is 1. The maximum Gasteiger partial charge on any atom is 0.387 e. The third-order valence-corrected chi connectivity index (χ3v) is 7.14. The molecular weight excluding hydrogens is 478 g/mol. The number of imidazole rings is 1. The minimum Gasteiger partial charge on any atom is -0.434 e. The van der Waals surface area contributed by atoms with Crippen molar-refractivity contribution in [2.75, 3.05) is 26.6 Å². The first-order chi connectivity index (χ1) is 18.8. The number of nitrogens with zero attached hydrogens (tertiary/aromatic N) is 4. The Morgan fingerprint density at radius 3 is 2.81 bits per heavy atom. The molecule has 1 saturated heterocycles. The number of ether oxygens (including phenoxy) is 1. The number of carbonyl (C=O) groups excluding carboxylic acids is 1. The number of halogens is 2. The molecule has 37 heavy (non-hydrogen) atoms. The van der Waals surface area contributed by atoms with Crippen molar-refractivity contribution in [3.05, 3.63) is 58.9 Å². The Balaban J connectivity index is 1.42. The van der Waals surface area contributed by atoms with Crippen molar-refractivity contribution >= 4 is 16.9 Å². The first-order valence-electron chi connectivity index (χ1n) is 13.7. The summed E-state index contributed by atoms with van der Waals surface area (Å²) in [5.41, 5.74) is 1.47. The van der Waals surface area contributed by atoms with E-state index in [9.17, 15) is 18.7 Å². The van der Waals surface area contributed by atoms with E-state index in [1.54, 1.807) is 19.9 Å². The normalized spacial score (nSPS) is 22.9. The molecule has 0 saturated carbocycles. The summed E-state index contributed by atoms with van der Waals surface area (Å²) >= 11 is 0. The third-order valence-electron chi connectivity index (χ3n) is 7.14. The summed E-state index contributed by atoms with van der Waals surface area (Å²) in [4.78, 5) is 21.2. The molecule has 3 aliphatic rings. The van der Waals surface area contributed by atoms with Crippen LogP contribution in [0.4, 0.5) is 8.78 Å². The van der Waals surface area contributed by atoms with Gasteiger partial charge in [-0.25, -0.2) is 4.98 Å². The van der Waals surface area contributed by atoms with Gasteiger partial charge in [0.05, 0.1) is 28.7 Å². The summed E-state index contributed by atoms with van der Waals surface area (Å²) < 4.78 is 57.8. The average Bonchev–Trinajstić information content (AvgIpc) is 3.31. The van der Waals surface area contributed by atoms with Crippen molar-refractivity contribution in [2.24, 2.45) is 5.92 Å². The highest BCUT2D eigenvalue weighted by molar-refractivity contribution is 5.97. The monoisotopic (exact) mass is 509 g/mol. The van der Waals surface area contributed by atoms with Crippen LogP contribution in [0.3, 0.4) is 0 Å². The van der Waals surface area contributed by atoms with Gasteiger partial charge in [0, 0.05) is 59.8 Å². The lowest BCUT2D eigenvalue weighted by atomic mass is 9.97. The number of fused-ring (bicyclic) bond motifs is 9. The number of likely N-dealkylation sites (tertiary alicyclic amines) is 1. The minimum absolute atomic E-state index is 0.0193. The molecule has 0 spiro atoms. The molecule has 6 rings (SSSR count). The second-order valence-corrected chi connectivity index (χ2v) is 10.6. The lowest BCUT2D eigenvalue weighted by Gasteiger charge is -2.39. The zero-order valence-electron chi connectivity index (χ0n) is 23.4. The topological polar surface area (TPSA) is 70.8 Å². The van der Waals surface area contributed by atoms with Crippen LogP contribution in [-0.2, 0) is 0 Å². The average molecular weight is 510 g/mol. The van der Waals surface area contributed by atoms with Gasteiger partial charge in [-0.3, -0.25) is 9.69 Å². The maximum absolute atomic E-state index is 13.5. The van der Waals surface area contributed by atoms with Crippen molar-refractivity contribution in [1.82, 2.24) is 19.4 Å². The van der Waals surface area contributed by atoms with Gasteiger partial charge in [0.1, 0.15) is 11.6 Å². The smallest absolute Gasteiger partial charge is 0.387 e. The molecule has 9 heteroatoms. The van der Waals surface area contributed by atoms with E-state index in [1.165, 1.54) is 18.2 Å². The Morgan fingerprint density at radius 1 is 1.27 bits per heavy atom. The van der Waals surface area contributed by atoms with Crippen LogP contribution in [0.1, 0.15) is 63.8 Å². The van der Waals surface area contributed by atoms with Crippen molar-refractivity contribution < 1.29 is 27.5 Å². The highest BCUT2D eigenvalue weighted by Gasteiger charge is 2.45. The largest absolute Gasteiger partial charge is 0.434 e. The van der Waals surface area contributed by atoms with Gasteiger partial charge in [0.2, 0.25) is 0 Å². The van der Waals surface area contributed by atoms with Crippen molar-refractivity contribution in [1.29, 1.82) is 0 Å². The molecule has 4 heterocycles. The molecule has 0 radical (unpaired) electrons. The number of β-amino-alcohol motifs (C(OH)–C–C–N with tert-alkyl or cyclic N) is 1. The van der Waals surface area contributed by atoms with E-state index in [1.807, 2.05) is 16.7 Å². The maximum atomic E-state index is 13.5. The van der Waals surface area contributed by atoms with Crippen LogP contribution in [-0.4, -0.2) is 69.2 Å². The lowest BCUT2D eigenvalue weighted by molar-refractivity contribution is -0.0507. The summed E-state index contributed by atoms with van der Waals surface area (Å²) in [6.07, 6.45) is 0.161. The molecule has 1 fully saturated rings. The van der Waals surface area contributed by atoms with E-state index in [0.29, 0.717) is 23.4 Å². The highest BCUT2D eigenvalue weighted by atomic mass is 19.3. The van der Waals surface area contributed by atoms with Crippen LogP contribution in [0.25, 0.3) is 11.0 Å². The fourth-order valence-electron chi connectivity index (χ4n) is 5.71. The summed E-state index contributed by atoms with van der Waals surface area (Å²) in [5, 5.41) is 10.00. The van der Waals surface area contributed by atoms with Crippen molar-refractivity contribution in [3.63, 3.8) is 0 Å². The molecule has 2 atom stereocenters. The Kier molecular flexibility index (Phi) is 4.74. The summed E-state index contributed by atoms with van der Waals surface area (Å²) in [7, 11) is 0. The second-order valence-electron chi connectivity index (χ2n) is 10.6. The van der Waals surface area contributed by atoms with E-state index >= 15 is 0 Å². The van der Waals surface area contributed by atoms with E-state index in [0.717, 1.165) is 23.6 Å². The van der Waals surface area contributed by atoms with Crippen LogP contribution >= 0.6 is 0 Å². The van der Waals surface area contributed by atoms with Gasteiger partial charge in [0.25, 0.3) is 5.91 Å². The summed E-state index contributed by atoms with van der Waals surface area (Å²) in [6, 6.07) is 8.20. The number of carbonyl (C=O) groups is 1. The van der Waals surface area contributed by atoms with E-state index in [2.05, 4.69) is 16.7 Å². The van der Waals surface area contributed by atoms with Crippen LogP contribution in [0.2, 0.25) is 0 Å². The molecule has 1 N–H and O–H groups in total. The van der Waals surface area contributed by atoms with Crippen LogP contribution < -0.4 is 4.74 Å². The van der Waals surface area contributed by atoms with E-state index < -0.39 is 37.2 Å². The number of alkyl halides is 2. The Hall–Kier alpha value is -3.48. The fraction of sp³-hybridized carbons (Fsp3) is 0.429. The lowest BCUT2D eigenvalue weighted by Crippen LogP contribution is -2.51. The van der Waals surface area contributed by atoms with Gasteiger partial charge >= 0.3 is 6.61 Å². The number of hydrogen-bond acceptors (Lipinski definition) is 5. The molecule has 1 aromatic heterocycles. The zero-order chi connectivity index (χ0) is 28.6. The fourth-order valence-corrected chi connectivity index (χ4v) is 5.71. The first-order valence-corrected chi connectivity index (χ1v) is 12.2. The molecule has 2 bridgehead atoms. The van der Waals surface area contributed by atoms with Gasteiger partial charge in [-0.2, -0.15) is 8.78 Å². The number of rotatable bonds is 4. The summed E-state index contributed by atoms with van der Waals surface area (Å²) in [6.45, 7) is -0.226. The molecule has 1 amide bonds. The zero-order valence-corrected chi connectivity index (χ0v) is 20.4. The SMILES string of the molecule is [2H]C([2H])([2H])N1C(=O)c2cccc(OC(F)F)c2[C@H]2C[C@@H]1c1nc3ccc(C#CC4CN(CC(C)(C)O)C4)cc3n12. The number of aromatic nitrogens is 2. The minimum atomic E-state index is -3.12. The highest BCUT2D eigenvalue weighted by Crippen LogP contribution is 2.49. The molecule has 3 aliphatic heterocycles. The van der Waals surface area contributed by atoms with Gasteiger partial charge in [0.15, 0.2) is 0 Å². The predicted molar refractivity (Wildman–Crippen MR) is 134 cm³/mol. The van der Waals surface area contributed by atoms with Crippen LogP contribution in [0, 0.1) is 17.8 Å². The van der Waals surface area contributed by atoms with Gasteiger partial charge in [-0.05, 0) is 44.2 Å². The molecule has 192 valence electrons. The second kappa shape index (κ2) is 8.54. The molecule has 0 aliphatic carbocycles. The van der Waals surface area contributed by atoms with Crippen molar-refractivity contribution in [3.8, 4) is 17.6 Å². The van der Waals surface area contributed by atoms with Crippen LogP contribution in [0.15, 0.2) is 36.4 Å². The number of amides is 1. The van der Waals surface area contributed by atoms with E-state index in [4.69, 9.17) is 13.8 Å². The summed E-state index contributed by atoms with van der Waals surface area (Å²) in [5.74, 6) is 6.12. The van der Waals surface area contributed by atoms with Crippen molar-refractivity contribution in [2.45, 2.75) is 44.6 Å². The quantitative estimate of drug-likeness (QED) is 0.542. The predicted octanol–water partition coefficient (Wildman–Crippen LogP) is 3.81. The van der Waals surface area contributed by atoms with E-state index in [-0.39, 0.29) is 29.2 Å². The molecule has 3 aromatic rings. The van der Waals surface area contributed by atoms with Crippen LogP contribution in [0.5, 0.6) is 5.75 Å². The Labute approximate surface area is 217 Å². The van der Waals surface area contributed by atoms with Gasteiger partial charge in [-0.1, -0.05) is 17.9 Å². The molecular formula is C28H28F2N4O3. The number of aliphatic hydroxyl groups is 1. The van der Waals surface area contributed by atoms with Gasteiger partial charge < -0.3 is 19.3 Å². The number of benzene rings is 2. The van der Waals surface area contributed by atoms with Gasteiger partial charge in [-0.15, -0.1) is 0 Å². The third kappa shape index (κ3) is 4.14. The molecule has 2 aromatic carbocycles. The Morgan fingerprint density at radius 2 is 2.08 bits per heavy atom. The molecule has 0 unspecified atom stereocenters. The molecule has 7 nitrogen and oxygen atoms in total. The first kappa shape index (κ1) is 20.6.